The molecule has 96 valence electrons. The first kappa shape index (κ1) is 11.6. The summed E-state index contributed by atoms with van der Waals surface area (Å²) in [5, 5.41) is 4.86. The normalized spacial score (nSPS) is 10.9. The number of pyridine rings is 1. The van der Waals surface area contributed by atoms with E-state index in [4.69, 9.17) is 4.74 Å². The fourth-order valence-electron chi connectivity index (χ4n) is 2.13. The molecule has 0 radical (unpaired) electrons. The van der Waals surface area contributed by atoms with Gasteiger partial charge in [0.2, 0.25) is 5.95 Å². The van der Waals surface area contributed by atoms with Crippen molar-refractivity contribution in [2.24, 2.45) is 0 Å². The predicted molar refractivity (Wildman–Crippen MR) is 75.7 cm³/mol. The van der Waals surface area contributed by atoms with Crippen molar-refractivity contribution in [2.45, 2.75) is 6.92 Å². The van der Waals surface area contributed by atoms with Gasteiger partial charge in [0.15, 0.2) is 5.65 Å². The molecule has 0 saturated heterocycles. The molecule has 3 aromatic rings. The molecule has 0 saturated carbocycles. The van der Waals surface area contributed by atoms with Crippen LogP contribution in [-0.2, 0) is 0 Å². The van der Waals surface area contributed by atoms with E-state index in [1.807, 2.05) is 19.1 Å². The van der Waals surface area contributed by atoms with Crippen LogP contribution in [0, 0.1) is 6.92 Å². The highest BCUT2D eigenvalue weighted by Crippen LogP contribution is 2.28. The summed E-state index contributed by atoms with van der Waals surface area (Å²) < 4.78 is 5.39. The van der Waals surface area contributed by atoms with Crippen LogP contribution in [0.2, 0.25) is 0 Å². The summed E-state index contributed by atoms with van der Waals surface area (Å²) in [6.07, 6.45) is 1.77. The highest BCUT2D eigenvalue weighted by Gasteiger charge is 2.08. The van der Waals surface area contributed by atoms with Gasteiger partial charge in [-0.05, 0) is 30.7 Å². The van der Waals surface area contributed by atoms with E-state index in [0.29, 0.717) is 11.6 Å². The first-order valence-corrected chi connectivity index (χ1v) is 6.01. The molecule has 0 aliphatic carbocycles. The fraction of sp³-hybridized carbons (Fsp3) is 0.214. The van der Waals surface area contributed by atoms with Crippen LogP contribution in [0.3, 0.4) is 0 Å². The second-order valence-corrected chi connectivity index (χ2v) is 4.38. The number of nitrogens with zero attached hydrogens (tertiary/aromatic N) is 3. The summed E-state index contributed by atoms with van der Waals surface area (Å²) in [7, 11) is 3.44. The number of ether oxygens (including phenoxy) is 1. The van der Waals surface area contributed by atoms with Crippen LogP contribution >= 0.6 is 0 Å². The van der Waals surface area contributed by atoms with Crippen molar-refractivity contribution in [1.82, 2.24) is 15.0 Å². The van der Waals surface area contributed by atoms with E-state index in [0.717, 1.165) is 27.6 Å². The van der Waals surface area contributed by atoms with Gasteiger partial charge in [0, 0.05) is 24.0 Å². The largest absolute Gasteiger partial charge is 0.494 e. The summed E-state index contributed by atoms with van der Waals surface area (Å²) in [4.78, 5) is 13.1. The minimum Gasteiger partial charge on any atom is -0.494 e. The average molecular weight is 254 g/mol. The lowest BCUT2D eigenvalue weighted by molar-refractivity contribution is 0.418. The first-order chi connectivity index (χ1) is 9.21. The summed E-state index contributed by atoms with van der Waals surface area (Å²) in [6, 6.07) is 6.09. The number of fused-ring (bicyclic) bond motifs is 2. The zero-order valence-corrected chi connectivity index (χ0v) is 11.1. The molecule has 3 rings (SSSR count). The highest BCUT2D eigenvalue weighted by atomic mass is 16.5. The van der Waals surface area contributed by atoms with Crippen molar-refractivity contribution < 1.29 is 4.74 Å². The molecule has 19 heavy (non-hydrogen) atoms. The number of methoxy groups -OCH3 is 1. The number of rotatable bonds is 2. The maximum Gasteiger partial charge on any atom is 0.224 e. The second kappa shape index (κ2) is 4.35. The minimum atomic E-state index is 0.561. The van der Waals surface area contributed by atoms with Gasteiger partial charge in [0.25, 0.3) is 0 Å². The monoisotopic (exact) mass is 254 g/mol. The van der Waals surface area contributed by atoms with Gasteiger partial charge in [-0.15, -0.1) is 0 Å². The van der Waals surface area contributed by atoms with E-state index in [-0.39, 0.29) is 0 Å². The lowest BCUT2D eigenvalue weighted by atomic mass is 10.1. The Bertz CT molecular complexity index is 770. The van der Waals surface area contributed by atoms with Crippen LogP contribution in [-0.4, -0.2) is 29.1 Å². The van der Waals surface area contributed by atoms with Crippen molar-refractivity contribution in [3.05, 3.63) is 30.0 Å². The van der Waals surface area contributed by atoms with Crippen molar-refractivity contribution in [3.8, 4) is 5.75 Å². The van der Waals surface area contributed by atoms with Gasteiger partial charge < -0.3 is 10.1 Å². The van der Waals surface area contributed by atoms with E-state index in [9.17, 15) is 0 Å². The molecule has 2 aromatic heterocycles. The molecule has 0 amide bonds. The molecule has 0 unspecified atom stereocenters. The van der Waals surface area contributed by atoms with Crippen molar-refractivity contribution in [2.75, 3.05) is 19.5 Å². The van der Waals surface area contributed by atoms with Crippen LogP contribution in [0.15, 0.2) is 24.4 Å². The molecule has 5 nitrogen and oxygen atoms in total. The Morgan fingerprint density at radius 3 is 2.68 bits per heavy atom. The maximum atomic E-state index is 5.39. The molecular weight excluding hydrogens is 240 g/mol. The third-order valence-electron chi connectivity index (χ3n) is 3.02. The molecule has 0 aliphatic heterocycles. The van der Waals surface area contributed by atoms with E-state index in [1.165, 1.54) is 0 Å². The average Bonchev–Trinajstić information content (AvgIpc) is 2.43. The molecule has 0 aliphatic rings. The molecule has 2 heterocycles. The van der Waals surface area contributed by atoms with Gasteiger partial charge in [-0.25, -0.2) is 9.97 Å². The number of anilines is 1. The SMILES string of the molecule is CNc1ncc2cc3cc(C)cc(OC)c3nc2n1. The Balaban J connectivity index is 2.38. The van der Waals surface area contributed by atoms with Gasteiger partial charge in [0.1, 0.15) is 11.3 Å². The quantitative estimate of drug-likeness (QED) is 0.712. The number of benzene rings is 1. The molecule has 1 aromatic carbocycles. The van der Waals surface area contributed by atoms with Crippen molar-refractivity contribution in [1.29, 1.82) is 0 Å². The third kappa shape index (κ3) is 1.93. The Labute approximate surface area is 110 Å². The van der Waals surface area contributed by atoms with E-state index < -0.39 is 0 Å². The maximum absolute atomic E-state index is 5.39. The van der Waals surface area contributed by atoms with Gasteiger partial charge in [-0.2, -0.15) is 4.98 Å². The summed E-state index contributed by atoms with van der Waals surface area (Å²) in [5.74, 6) is 1.33. The molecule has 0 bridgehead atoms. The van der Waals surface area contributed by atoms with E-state index in [2.05, 4.69) is 26.3 Å². The van der Waals surface area contributed by atoms with Crippen LogP contribution in [0.25, 0.3) is 21.9 Å². The lowest BCUT2D eigenvalue weighted by Crippen LogP contribution is -1.98. The second-order valence-electron chi connectivity index (χ2n) is 4.38. The Kier molecular flexibility index (Phi) is 2.67. The van der Waals surface area contributed by atoms with E-state index in [1.54, 1.807) is 20.4 Å². The molecule has 1 N–H and O–H groups in total. The number of aryl methyl sites for hydroxylation is 1. The topological polar surface area (TPSA) is 59.9 Å². The van der Waals surface area contributed by atoms with Crippen molar-refractivity contribution >= 4 is 27.9 Å². The molecule has 0 fully saturated rings. The smallest absolute Gasteiger partial charge is 0.224 e. The van der Waals surface area contributed by atoms with Crippen LogP contribution in [0.1, 0.15) is 5.56 Å². The van der Waals surface area contributed by atoms with Gasteiger partial charge in [0.05, 0.1) is 7.11 Å². The van der Waals surface area contributed by atoms with Gasteiger partial charge >= 0.3 is 0 Å². The number of aromatic nitrogens is 3. The highest BCUT2D eigenvalue weighted by molar-refractivity contribution is 5.94. The zero-order chi connectivity index (χ0) is 13.4. The van der Waals surface area contributed by atoms with Crippen LogP contribution in [0.5, 0.6) is 5.75 Å². The number of nitrogens with one attached hydrogen (secondary N) is 1. The zero-order valence-electron chi connectivity index (χ0n) is 11.1. The van der Waals surface area contributed by atoms with Crippen LogP contribution < -0.4 is 10.1 Å². The Morgan fingerprint density at radius 2 is 1.95 bits per heavy atom. The Hall–Kier alpha value is -2.43. The first-order valence-electron chi connectivity index (χ1n) is 6.01. The molecule has 0 spiro atoms. The summed E-state index contributed by atoms with van der Waals surface area (Å²) in [5.41, 5.74) is 2.62. The van der Waals surface area contributed by atoms with Crippen molar-refractivity contribution in [3.63, 3.8) is 0 Å². The fourth-order valence-corrected chi connectivity index (χ4v) is 2.13. The molecule has 5 heteroatoms. The Morgan fingerprint density at radius 1 is 1.11 bits per heavy atom. The van der Waals surface area contributed by atoms with Gasteiger partial charge in [-0.3, -0.25) is 0 Å². The minimum absolute atomic E-state index is 0.561. The summed E-state index contributed by atoms with van der Waals surface area (Å²) in [6.45, 7) is 2.03. The molecule has 0 atom stereocenters. The van der Waals surface area contributed by atoms with Gasteiger partial charge in [-0.1, -0.05) is 0 Å². The predicted octanol–water partition coefficient (Wildman–Crippen LogP) is 2.54. The number of hydrogen-bond acceptors (Lipinski definition) is 5. The number of hydrogen-bond donors (Lipinski definition) is 1. The standard InChI is InChI=1S/C14H14N4O/c1-8-4-9-6-10-7-16-14(15-2)18-13(10)17-12(9)11(5-8)19-3/h4-7H,1-3H3,(H,15,16,17,18). The third-order valence-corrected chi connectivity index (χ3v) is 3.02. The van der Waals surface area contributed by atoms with E-state index >= 15 is 0 Å². The molecular formula is C14H14N4O. The van der Waals surface area contributed by atoms with Crippen LogP contribution in [0.4, 0.5) is 5.95 Å². The summed E-state index contributed by atoms with van der Waals surface area (Å²) >= 11 is 0. The lowest BCUT2D eigenvalue weighted by Gasteiger charge is -2.08.